The van der Waals surface area contributed by atoms with E-state index < -0.39 is 5.91 Å². The van der Waals surface area contributed by atoms with Gasteiger partial charge in [-0.3, -0.25) is 9.59 Å². The van der Waals surface area contributed by atoms with Crippen LogP contribution in [0.1, 0.15) is 23.7 Å². The molecule has 0 aliphatic rings. The molecule has 2 amide bonds. The maximum Gasteiger partial charge on any atom is 0.255 e. The Hall–Kier alpha value is -1.95. The van der Waals surface area contributed by atoms with Gasteiger partial charge in [0.2, 0.25) is 0 Å². The van der Waals surface area contributed by atoms with Gasteiger partial charge in [0.15, 0.2) is 18.1 Å². The Morgan fingerprint density at radius 2 is 2.10 bits per heavy atom. The fraction of sp³-hybridized carbons (Fsp3) is 0.385. The molecule has 0 bridgehead atoms. The van der Waals surface area contributed by atoms with Gasteiger partial charge in [-0.05, 0) is 18.6 Å². The van der Waals surface area contributed by atoms with E-state index in [1.807, 2.05) is 6.92 Å². The molecule has 0 aliphatic carbocycles. The lowest BCUT2D eigenvalue weighted by molar-refractivity contribution is -0.119. The standard InChI is InChI=1S/C13H17ClN2O4/c1-3-4-16-13(18)8-5-9(14)12(10(6-8)19-2)20-7-11(15)17/h5-6H,3-4,7H2,1-2H3,(H2,15,17)(H,16,18). The molecule has 0 heterocycles. The number of carbonyl (C=O) groups excluding carboxylic acids is 2. The summed E-state index contributed by atoms with van der Waals surface area (Å²) in [5.74, 6) is -0.443. The summed E-state index contributed by atoms with van der Waals surface area (Å²) in [5, 5.41) is 2.90. The molecule has 0 aliphatic heterocycles. The maximum absolute atomic E-state index is 11.9. The third-order valence-corrected chi connectivity index (χ3v) is 2.67. The zero-order valence-electron chi connectivity index (χ0n) is 11.4. The number of methoxy groups -OCH3 is 1. The number of carbonyl (C=O) groups is 2. The van der Waals surface area contributed by atoms with Gasteiger partial charge < -0.3 is 20.5 Å². The zero-order valence-corrected chi connectivity index (χ0v) is 12.1. The highest BCUT2D eigenvalue weighted by molar-refractivity contribution is 6.32. The molecule has 0 radical (unpaired) electrons. The summed E-state index contributed by atoms with van der Waals surface area (Å²) in [4.78, 5) is 22.6. The molecule has 0 spiro atoms. The molecule has 1 aromatic carbocycles. The van der Waals surface area contributed by atoms with E-state index in [0.29, 0.717) is 12.1 Å². The summed E-state index contributed by atoms with van der Waals surface area (Å²) in [5.41, 5.74) is 5.36. The van der Waals surface area contributed by atoms with E-state index in [4.69, 9.17) is 26.8 Å². The number of hydrogen-bond acceptors (Lipinski definition) is 4. The van der Waals surface area contributed by atoms with Crippen LogP contribution in [0.3, 0.4) is 0 Å². The van der Waals surface area contributed by atoms with Crippen molar-refractivity contribution in [2.75, 3.05) is 20.3 Å². The molecule has 0 saturated heterocycles. The summed E-state index contributed by atoms with van der Waals surface area (Å²) >= 11 is 6.04. The second-order valence-electron chi connectivity index (χ2n) is 4.00. The van der Waals surface area contributed by atoms with Crippen LogP contribution in [0.15, 0.2) is 12.1 Å². The Morgan fingerprint density at radius 3 is 2.65 bits per heavy atom. The zero-order chi connectivity index (χ0) is 15.1. The monoisotopic (exact) mass is 300 g/mol. The van der Waals surface area contributed by atoms with Crippen molar-refractivity contribution in [2.45, 2.75) is 13.3 Å². The number of nitrogens with two attached hydrogens (primary N) is 1. The van der Waals surface area contributed by atoms with Gasteiger partial charge in [0, 0.05) is 12.1 Å². The number of rotatable bonds is 7. The van der Waals surface area contributed by atoms with Crippen molar-refractivity contribution in [1.82, 2.24) is 5.32 Å². The van der Waals surface area contributed by atoms with Crippen LogP contribution >= 0.6 is 11.6 Å². The maximum atomic E-state index is 11.9. The van der Waals surface area contributed by atoms with Crippen LogP contribution in [-0.4, -0.2) is 32.1 Å². The molecule has 1 aromatic rings. The lowest BCUT2D eigenvalue weighted by Gasteiger charge is -2.13. The van der Waals surface area contributed by atoms with E-state index in [9.17, 15) is 9.59 Å². The van der Waals surface area contributed by atoms with Gasteiger partial charge >= 0.3 is 0 Å². The molecule has 20 heavy (non-hydrogen) atoms. The van der Waals surface area contributed by atoms with Crippen LogP contribution in [0.5, 0.6) is 11.5 Å². The SMILES string of the molecule is CCCNC(=O)c1cc(Cl)c(OCC(N)=O)c(OC)c1. The first-order chi connectivity index (χ1) is 9.49. The predicted molar refractivity (Wildman–Crippen MR) is 75.3 cm³/mol. The summed E-state index contributed by atoms with van der Waals surface area (Å²) in [7, 11) is 1.41. The van der Waals surface area contributed by atoms with Crippen LogP contribution in [0.2, 0.25) is 5.02 Å². The third kappa shape index (κ3) is 4.31. The summed E-state index contributed by atoms with van der Waals surface area (Å²) in [6.07, 6.45) is 0.830. The summed E-state index contributed by atoms with van der Waals surface area (Å²) in [6.45, 7) is 2.20. The second kappa shape index (κ2) is 7.59. The van der Waals surface area contributed by atoms with Gasteiger partial charge in [-0.1, -0.05) is 18.5 Å². The number of ether oxygens (including phenoxy) is 2. The quantitative estimate of drug-likeness (QED) is 0.795. The minimum absolute atomic E-state index is 0.173. The average molecular weight is 301 g/mol. The molecule has 0 unspecified atom stereocenters. The Balaban J connectivity index is 3.00. The lowest BCUT2D eigenvalue weighted by Crippen LogP contribution is -2.24. The molecular formula is C13H17ClN2O4. The molecule has 0 saturated carbocycles. The second-order valence-corrected chi connectivity index (χ2v) is 4.41. The molecule has 7 heteroatoms. The number of primary amides is 1. The van der Waals surface area contributed by atoms with E-state index in [1.165, 1.54) is 19.2 Å². The van der Waals surface area contributed by atoms with Crippen molar-refractivity contribution in [1.29, 1.82) is 0 Å². The normalized spacial score (nSPS) is 9.95. The summed E-state index contributed by atoms with van der Waals surface area (Å²) in [6, 6.07) is 2.94. The fourth-order valence-corrected chi connectivity index (χ4v) is 1.74. The number of amides is 2. The van der Waals surface area contributed by atoms with Gasteiger partial charge in [0.05, 0.1) is 12.1 Å². The van der Waals surface area contributed by atoms with Crippen LogP contribution in [0.25, 0.3) is 0 Å². The Morgan fingerprint density at radius 1 is 1.40 bits per heavy atom. The molecule has 1 rings (SSSR count). The summed E-state index contributed by atoms with van der Waals surface area (Å²) < 4.78 is 10.3. The molecular weight excluding hydrogens is 284 g/mol. The molecule has 6 nitrogen and oxygen atoms in total. The number of hydrogen-bond donors (Lipinski definition) is 2. The Bertz CT molecular complexity index is 505. The highest BCUT2D eigenvalue weighted by atomic mass is 35.5. The first-order valence-electron chi connectivity index (χ1n) is 6.06. The van der Waals surface area contributed by atoms with Crippen molar-refractivity contribution in [2.24, 2.45) is 5.73 Å². The van der Waals surface area contributed by atoms with Crippen molar-refractivity contribution in [3.63, 3.8) is 0 Å². The smallest absolute Gasteiger partial charge is 0.255 e. The van der Waals surface area contributed by atoms with Gasteiger partial charge in [0.25, 0.3) is 11.8 Å². The van der Waals surface area contributed by atoms with E-state index in [1.54, 1.807) is 0 Å². The molecule has 0 atom stereocenters. The molecule has 0 fully saturated rings. The van der Waals surface area contributed by atoms with Gasteiger partial charge in [-0.2, -0.15) is 0 Å². The van der Waals surface area contributed by atoms with E-state index in [-0.39, 0.29) is 29.0 Å². The number of benzene rings is 1. The molecule has 3 N–H and O–H groups in total. The minimum Gasteiger partial charge on any atom is -0.493 e. The third-order valence-electron chi connectivity index (χ3n) is 2.39. The van der Waals surface area contributed by atoms with E-state index in [0.717, 1.165) is 6.42 Å². The van der Waals surface area contributed by atoms with Crippen molar-refractivity contribution in [3.05, 3.63) is 22.7 Å². The first kappa shape index (κ1) is 16.1. The van der Waals surface area contributed by atoms with Gasteiger partial charge in [-0.25, -0.2) is 0 Å². The van der Waals surface area contributed by atoms with Crippen molar-refractivity contribution in [3.8, 4) is 11.5 Å². The number of halogens is 1. The Kier molecular flexibility index (Phi) is 6.11. The van der Waals surface area contributed by atoms with E-state index in [2.05, 4.69) is 5.32 Å². The largest absolute Gasteiger partial charge is 0.493 e. The predicted octanol–water partition coefficient (Wildman–Crippen LogP) is 1.35. The van der Waals surface area contributed by atoms with Crippen LogP contribution in [0, 0.1) is 0 Å². The topological polar surface area (TPSA) is 90.6 Å². The van der Waals surface area contributed by atoms with Crippen LogP contribution in [0.4, 0.5) is 0 Å². The van der Waals surface area contributed by atoms with Crippen molar-refractivity contribution < 1.29 is 19.1 Å². The van der Waals surface area contributed by atoms with Gasteiger partial charge in [-0.15, -0.1) is 0 Å². The average Bonchev–Trinajstić information content (AvgIpc) is 2.42. The fourth-order valence-electron chi connectivity index (χ4n) is 1.47. The van der Waals surface area contributed by atoms with Crippen LogP contribution < -0.4 is 20.5 Å². The van der Waals surface area contributed by atoms with Crippen molar-refractivity contribution >= 4 is 23.4 Å². The van der Waals surface area contributed by atoms with Crippen LogP contribution in [-0.2, 0) is 4.79 Å². The minimum atomic E-state index is -0.632. The van der Waals surface area contributed by atoms with Gasteiger partial charge in [0.1, 0.15) is 0 Å². The molecule has 110 valence electrons. The lowest BCUT2D eigenvalue weighted by atomic mass is 10.2. The Labute approximate surface area is 122 Å². The first-order valence-corrected chi connectivity index (χ1v) is 6.44. The number of nitrogens with one attached hydrogen (secondary N) is 1. The van der Waals surface area contributed by atoms with E-state index >= 15 is 0 Å². The highest BCUT2D eigenvalue weighted by Crippen LogP contribution is 2.36. The molecule has 0 aromatic heterocycles. The highest BCUT2D eigenvalue weighted by Gasteiger charge is 2.16.